The number of hydrogen-bond acceptors (Lipinski definition) is 4. The van der Waals surface area contributed by atoms with E-state index < -0.39 is 13.8 Å². The standard InChI is InChI=1S/C34H32NO3P/c1-34(2,31-17-10-22-35(31)23-24-11-4-3-5-12-24)38-39-36-29-20-18-25-13-6-8-15-27(25)32(29)33-28-16-9-7-14-26(28)19-21-30(33)37-39/h3-9,11-16,18-21,31H,10,17,22-23H2,1-2H3/t31-/m0/s1. The molecule has 1 saturated heterocycles. The van der Waals surface area contributed by atoms with Crippen molar-refractivity contribution in [2.75, 3.05) is 6.54 Å². The zero-order chi connectivity index (χ0) is 26.4. The third-order valence-electron chi connectivity index (χ3n) is 8.08. The second kappa shape index (κ2) is 9.88. The van der Waals surface area contributed by atoms with Crippen LogP contribution in [0.25, 0.3) is 43.5 Å². The van der Waals surface area contributed by atoms with Crippen LogP contribution >= 0.6 is 8.24 Å². The fourth-order valence-electron chi connectivity index (χ4n) is 6.26. The largest absolute Gasteiger partial charge is 0.399 e. The fraction of sp³-hybridized carbons (Fsp3) is 0.235. The molecule has 5 aromatic carbocycles. The third kappa shape index (κ3) is 4.53. The van der Waals surface area contributed by atoms with Crippen molar-refractivity contribution in [3.05, 3.63) is 109 Å². The van der Waals surface area contributed by atoms with Gasteiger partial charge in [-0.25, -0.2) is 0 Å². The first-order valence-corrected chi connectivity index (χ1v) is 14.8. The number of rotatable bonds is 5. The highest BCUT2D eigenvalue weighted by Gasteiger charge is 2.40. The van der Waals surface area contributed by atoms with E-state index in [4.69, 9.17) is 12.9 Å². The van der Waals surface area contributed by atoms with Crippen LogP contribution in [0.15, 0.2) is 112 Å². The number of fused-ring (bicyclic) bond motifs is 7. The molecule has 39 heavy (non-hydrogen) atoms. The van der Waals surface area contributed by atoms with E-state index in [-0.39, 0.29) is 6.04 Å². The maximum absolute atomic E-state index is 6.83. The normalized spacial score (nSPS) is 16.5. The molecule has 0 unspecified atom stereocenters. The van der Waals surface area contributed by atoms with Gasteiger partial charge in [-0.1, -0.05) is 91.0 Å². The summed E-state index contributed by atoms with van der Waals surface area (Å²) in [6, 6.07) is 36.3. The van der Waals surface area contributed by atoms with Crippen molar-refractivity contribution in [1.29, 1.82) is 0 Å². The first-order valence-electron chi connectivity index (χ1n) is 13.7. The Balaban J connectivity index is 1.38. The second-order valence-electron chi connectivity index (χ2n) is 11.0. The number of nitrogens with zero attached hydrogens (tertiary/aromatic N) is 1. The van der Waals surface area contributed by atoms with Gasteiger partial charge in [0.2, 0.25) is 0 Å². The van der Waals surface area contributed by atoms with Gasteiger partial charge in [-0.2, -0.15) is 0 Å². The van der Waals surface area contributed by atoms with Crippen LogP contribution in [0.3, 0.4) is 0 Å². The van der Waals surface area contributed by atoms with Gasteiger partial charge < -0.3 is 8.39 Å². The molecule has 0 bridgehead atoms. The Hall–Kier alpha value is -3.56. The van der Waals surface area contributed by atoms with Crippen LogP contribution in [0.5, 0.6) is 0 Å². The maximum Gasteiger partial charge on any atom is 0.387 e. The van der Waals surface area contributed by atoms with Gasteiger partial charge in [-0.3, -0.25) is 9.42 Å². The maximum atomic E-state index is 6.83. The summed E-state index contributed by atoms with van der Waals surface area (Å²) in [7, 11) is -1.69. The van der Waals surface area contributed by atoms with E-state index in [2.05, 4.69) is 122 Å². The van der Waals surface area contributed by atoms with Gasteiger partial charge in [-0.15, -0.1) is 0 Å². The topological polar surface area (TPSA) is 38.8 Å². The molecule has 0 spiro atoms. The molecule has 1 aliphatic rings. The Labute approximate surface area is 229 Å². The highest BCUT2D eigenvalue weighted by atomic mass is 31.1. The van der Waals surface area contributed by atoms with Gasteiger partial charge >= 0.3 is 8.24 Å². The zero-order valence-electron chi connectivity index (χ0n) is 22.3. The van der Waals surface area contributed by atoms with Crippen LogP contribution in [0.1, 0.15) is 32.3 Å². The van der Waals surface area contributed by atoms with E-state index in [9.17, 15) is 0 Å². The van der Waals surface area contributed by atoms with Crippen molar-refractivity contribution in [2.45, 2.75) is 44.9 Å². The van der Waals surface area contributed by atoms with E-state index in [0.29, 0.717) is 0 Å². The Morgan fingerprint density at radius 3 is 1.92 bits per heavy atom. The molecule has 0 saturated carbocycles. The molecule has 1 atom stereocenters. The molecule has 0 radical (unpaired) electrons. The lowest BCUT2D eigenvalue weighted by Gasteiger charge is -2.36. The van der Waals surface area contributed by atoms with Gasteiger partial charge in [0.1, 0.15) is 11.2 Å². The molecule has 0 N–H and O–H groups in total. The molecule has 7 rings (SSSR count). The van der Waals surface area contributed by atoms with Crippen molar-refractivity contribution >= 4 is 51.7 Å². The summed E-state index contributed by atoms with van der Waals surface area (Å²) in [5, 5.41) is 6.78. The van der Waals surface area contributed by atoms with Crippen molar-refractivity contribution < 1.29 is 12.9 Å². The summed E-state index contributed by atoms with van der Waals surface area (Å²) in [5.41, 5.74) is 2.47. The van der Waals surface area contributed by atoms with Gasteiger partial charge in [-0.05, 0) is 72.5 Å². The predicted octanol–water partition coefficient (Wildman–Crippen LogP) is 9.47. The molecule has 1 aliphatic heterocycles. The molecule has 0 amide bonds. The minimum Gasteiger partial charge on any atom is -0.399 e. The molecule has 1 aromatic heterocycles. The molecule has 196 valence electrons. The average Bonchev–Trinajstić information content (AvgIpc) is 3.36. The summed E-state index contributed by atoms with van der Waals surface area (Å²) in [4.78, 5) is 2.55. The summed E-state index contributed by atoms with van der Waals surface area (Å²) in [6.45, 7) is 6.35. The zero-order valence-corrected chi connectivity index (χ0v) is 23.2. The molecule has 6 aromatic rings. The number of likely N-dealkylation sites (tertiary alicyclic amines) is 1. The lowest BCUT2D eigenvalue weighted by atomic mass is 9.96. The van der Waals surface area contributed by atoms with Crippen LogP contribution < -0.4 is 4.52 Å². The van der Waals surface area contributed by atoms with E-state index >= 15 is 0 Å². The highest BCUT2D eigenvalue weighted by molar-refractivity contribution is 7.31. The van der Waals surface area contributed by atoms with Gasteiger partial charge in [0.15, 0.2) is 0 Å². The molecule has 5 heteroatoms. The summed E-state index contributed by atoms with van der Waals surface area (Å²) < 4.78 is 20.1. The SMILES string of the molecule is CC(C)(Op1oc2ccc3ccccc3c2c2c(ccc3ccccc32)o1)[C@@H]1CCCN1Cc1ccccc1. The quantitative estimate of drug-likeness (QED) is 0.221. The Kier molecular flexibility index (Phi) is 6.20. The van der Waals surface area contributed by atoms with Crippen molar-refractivity contribution in [3.8, 4) is 0 Å². The number of benzene rings is 5. The number of hydrogen-bond donors (Lipinski definition) is 0. The lowest BCUT2D eigenvalue weighted by molar-refractivity contribution is 0.0476. The Morgan fingerprint density at radius 1 is 0.744 bits per heavy atom. The van der Waals surface area contributed by atoms with Crippen LogP contribution in [0.4, 0.5) is 0 Å². The minimum absolute atomic E-state index is 0.266. The predicted molar refractivity (Wildman–Crippen MR) is 162 cm³/mol. The van der Waals surface area contributed by atoms with Gasteiger partial charge in [0.25, 0.3) is 0 Å². The van der Waals surface area contributed by atoms with E-state index in [1.165, 1.54) is 16.3 Å². The first-order chi connectivity index (χ1) is 19.1. The van der Waals surface area contributed by atoms with Crippen molar-refractivity contribution in [3.63, 3.8) is 0 Å². The monoisotopic (exact) mass is 533 g/mol. The molecule has 1 fully saturated rings. The molecule has 0 aliphatic carbocycles. The van der Waals surface area contributed by atoms with Crippen LogP contribution in [-0.4, -0.2) is 23.1 Å². The molecular weight excluding hydrogens is 501 g/mol. The van der Waals surface area contributed by atoms with Crippen LogP contribution in [-0.2, 0) is 6.54 Å². The first kappa shape index (κ1) is 24.5. The fourth-order valence-corrected chi connectivity index (χ4v) is 7.50. The van der Waals surface area contributed by atoms with Gasteiger partial charge in [0.05, 0.1) is 5.60 Å². The lowest BCUT2D eigenvalue weighted by Crippen LogP contribution is -2.48. The van der Waals surface area contributed by atoms with Crippen molar-refractivity contribution in [1.82, 2.24) is 4.90 Å². The van der Waals surface area contributed by atoms with E-state index in [1.807, 2.05) is 0 Å². The summed E-state index contributed by atoms with van der Waals surface area (Å²) >= 11 is 0. The van der Waals surface area contributed by atoms with E-state index in [1.54, 1.807) is 0 Å². The Bertz CT molecular complexity index is 1750. The van der Waals surface area contributed by atoms with Crippen molar-refractivity contribution in [2.24, 2.45) is 0 Å². The highest BCUT2D eigenvalue weighted by Crippen LogP contribution is 2.42. The smallest absolute Gasteiger partial charge is 0.387 e. The second-order valence-corrected chi connectivity index (χ2v) is 12.0. The summed E-state index contributed by atoms with van der Waals surface area (Å²) in [6.07, 6.45) is 2.25. The van der Waals surface area contributed by atoms with E-state index in [0.717, 1.165) is 58.6 Å². The third-order valence-corrected chi connectivity index (χ3v) is 9.39. The minimum atomic E-state index is -1.69. The Morgan fingerprint density at radius 2 is 1.31 bits per heavy atom. The molecule has 4 nitrogen and oxygen atoms in total. The average molecular weight is 534 g/mol. The molecular formula is C34H32NO3P. The van der Waals surface area contributed by atoms with Crippen LogP contribution in [0.2, 0.25) is 0 Å². The van der Waals surface area contributed by atoms with Gasteiger partial charge in [0, 0.05) is 23.4 Å². The molecule has 2 heterocycles. The summed E-state index contributed by atoms with van der Waals surface area (Å²) in [5.74, 6) is 0. The van der Waals surface area contributed by atoms with Crippen LogP contribution in [0, 0.1) is 0 Å².